The maximum atomic E-state index is 13.1. The minimum atomic E-state index is -4.64. The number of methoxy groups -OCH3 is 1. The third-order valence-corrected chi connectivity index (χ3v) is 5.13. The molecule has 6 nitrogen and oxygen atoms in total. The van der Waals surface area contributed by atoms with Crippen LogP contribution in [0.4, 0.5) is 13.2 Å². The lowest BCUT2D eigenvalue weighted by Gasteiger charge is -2.18. The number of amides is 1. The molecule has 1 amide bonds. The Hall–Kier alpha value is -2.07. The number of alkyl halides is 3. The molecule has 144 valence electrons. The molecule has 2 rings (SSSR count). The van der Waals surface area contributed by atoms with Crippen molar-refractivity contribution in [2.24, 2.45) is 5.92 Å². The van der Waals surface area contributed by atoms with Crippen molar-refractivity contribution in [1.82, 2.24) is 9.62 Å². The molecule has 1 aromatic rings. The lowest BCUT2D eigenvalue weighted by atomic mass is 10.1. The SMILES string of the molecule is C=CS(=O)(=O)NC[C@H]1CCN(C(=O)c2ccc(OC)c(C(F)(F)F)c2)C1. The molecule has 0 saturated carbocycles. The lowest BCUT2D eigenvalue weighted by molar-refractivity contribution is -0.138. The predicted molar refractivity (Wildman–Crippen MR) is 89.1 cm³/mol. The zero-order chi connectivity index (χ0) is 19.5. The largest absolute Gasteiger partial charge is 0.496 e. The smallest absolute Gasteiger partial charge is 0.419 e. The van der Waals surface area contributed by atoms with E-state index < -0.39 is 27.7 Å². The molecule has 10 heteroatoms. The van der Waals surface area contributed by atoms with Gasteiger partial charge in [0.25, 0.3) is 5.91 Å². The highest BCUT2D eigenvalue weighted by Gasteiger charge is 2.36. The number of likely N-dealkylation sites (tertiary alicyclic amines) is 1. The Kier molecular flexibility index (Phi) is 5.97. The van der Waals surface area contributed by atoms with E-state index in [1.54, 1.807) is 0 Å². The molecular weight excluding hydrogens is 373 g/mol. The summed E-state index contributed by atoms with van der Waals surface area (Å²) in [4.78, 5) is 13.9. The Bertz CT molecular complexity index is 793. The summed E-state index contributed by atoms with van der Waals surface area (Å²) in [5.41, 5.74) is -1.11. The number of hydrogen-bond acceptors (Lipinski definition) is 4. The van der Waals surface area contributed by atoms with E-state index in [1.165, 1.54) is 11.0 Å². The minimum Gasteiger partial charge on any atom is -0.496 e. The fraction of sp³-hybridized carbons (Fsp3) is 0.438. The summed E-state index contributed by atoms with van der Waals surface area (Å²) in [7, 11) is -2.43. The van der Waals surface area contributed by atoms with Crippen LogP contribution in [-0.4, -0.2) is 46.0 Å². The summed E-state index contributed by atoms with van der Waals surface area (Å²) in [6, 6.07) is 3.17. The molecule has 1 atom stereocenters. The van der Waals surface area contributed by atoms with E-state index in [4.69, 9.17) is 4.74 Å². The number of nitrogens with zero attached hydrogens (tertiary/aromatic N) is 1. The Labute approximate surface area is 149 Å². The van der Waals surface area contributed by atoms with Crippen LogP contribution in [0.1, 0.15) is 22.3 Å². The number of hydrogen-bond donors (Lipinski definition) is 1. The number of nitrogens with one attached hydrogen (secondary N) is 1. The van der Waals surface area contributed by atoms with E-state index >= 15 is 0 Å². The van der Waals surface area contributed by atoms with Crippen LogP contribution in [0.15, 0.2) is 30.2 Å². The molecule has 0 aliphatic carbocycles. The van der Waals surface area contributed by atoms with Gasteiger partial charge in [0.2, 0.25) is 10.0 Å². The summed E-state index contributed by atoms with van der Waals surface area (Å²) < 4.78 is 69.0. The van der Waals surface area contributed by atoms with Crippen LogP contribution in [0, 0.1) is 5.92 Å². The number of ether oxygens (including phenoxy) is 1. The molecule has 1 aliphatic rings. The van der Waals surface area contributed by atoms with E-state index in [1.807, 2.05) is 0 Å². The molecule has 1 fully saturated rings. The van der Waals surface area contributed by atoms with Gasteiger partial charge in [-0.25, -0.2) is 13.1 Å². The normalized spacial score (nSPS) is 18.0. The second-order valence-electron chi connectivity index (χ2n) is 5.88. The summed E-state index contributed by atoms with van der Waals surface area (Å²) >= 11 is 0. The van der Waals surface area contributed by atoms with Gasteiger partial charge in [-0.2, -0.15) is 13.2 Å². The Balaban J connectivity index is 2.09. The van der Waals surface area contributed by atoms with Crippen molar-refractivity contribution in [3.63, 3.8) is 0 Å². The summed E-state index contributed by atoms with van der Waals surface area (Å²) in [5, 5.41) is 0.793. The van der Waals surface area contributed by atoms with Crippen LogP contribution in [0.3, 0.4) is 0 Å². The minimum absolute atomic E-state index is 0.0922. The number of carbonyl (C=O) groups excluding carboxylic acids is 1. The first kappa shape index (κ1) is 20.2. The fourth-order valence-corrected chi connectivity index (χ4v) is 3.31. The van der Waals surface area contributed by atoms with Gasteiger partial charge in [0, 0.05) is 30.6 Å². The Morgan fingerprint density at radius 1 is 1.46 bits per heavy atom. The van der Waals surface area contributed by atoms with Crippen LogP contribution in [-0.2, 0) is 16.2 Å². The molecule has 1 heterocycles. The Morgan fingerprint density at radius 3 is 2.73 bits per heavy atom. The predicted octanol–water partition coefficient (Wildman–Crippen LogP) is 2.24. The van der Waals surface area contributed by atoms with Gasteiger partial charge < -0.3 is 9.64 Å². The Morgan fingerprint density at radius 2 is 2.15 bits per heavy atom. The van der Waals surface area contributed by atoms with Gasteiger partial charge in [0.1, 0.15) is 5.75 Å². The molecule has 0 spiro atoms. The van der Waals surface area contributed by atoms with Gasteiger partial charge in [0.05, 0.1) is 12.7 Å². The molecular formula is C16H19F3N2O4S. The number of rotatable bonds is 6. The summed E-state index contributed by atoms with van der Waals surface area (Å²) in [6.45, 7) is 3.91. The lowest BCUT2D eigenvalue weighted by Crippen LogP contribution is -2.32. The molecule has 0 bridgehead atoms. The molecule has 0 radical (unpaired) electrons. The van der Waals surface area contributed by atoms with Gasteiger partial charge in [-0.15, -0.1) is 0 Å². The molecule has 0 unspecified atom stereocenters. The molecule has 0 aromatic heterocycles. The van der Waals surface area contributed by atoms with Crippen LogP contribution < -0.4 is 9.46 Å². The molecule has 1 aliphatic heterocycles. The number of benzene rings is 1. The molecule has 1 saturated heterocycles. The second-order valence-corrected chi connectivity index (χ2v) is 7.59. The second kappa shape index (κ2) is 7.67. The number of halogens is 3. The maximum Gasteiger partial charge on any atom is 0.419 e. The summed E-state index contributed by atoms with van der Waals surface area (Å²) in [5.74, 6) is -1.01. The van der Waals surface area contributed by atoms with Gasteiger partial charge >= 0.3 is 6.18 Å². The standard InChI is InChI=1S/C16H19F3N2O4S/c1-3-26(23,24)20-9-11-6-7-21(10-11)15(22)12-4-5-14(25-2)13(8-12)16(17,18)19/h3-5,8,11,20H,1,6-7,9-10H2,2H3/t11-/m1/s1. The van der Waals surface area contributed by atoms with Crippen molar-refractivity contribution in [3.8, 4) is 5.75 Å². The highest BCUT2D eigenvalue weighted by Crippen LogP contribution is 2.37. The summed E-state index contributed by atoms with van der Waals surface area (Å²) in [6.07, 6.45) is -4.09. The van der Waals surface area contributed by atoms with Crippen LogP contribution in [0.5, 0.6) is 5.75 Å². The van der Waals surface area contributed by atoms with Crippen molar-refractivity contribution < 1.29 is 31.1 Å². The molecule has 1 N–H and O–H groups in total. The first-order valence-electron chi connectivity index (χ1n) is 7.74. The molecule has 1 aromatic carbocycles. The van der Waals surface area contributed by atoms with Crippen LogP contribution in [0.25, 0.3) is 0 Å². The van der Waals surface area contributed by atoms with Crippen molar-refractivity contribution in [2.45, 2.75) is 12.6 Å². The first-order valence-corrected chi connectivity index (χ1v) is 9.28. The monoisotopic (exact) mass is 392 g/mol. The van der Waals surface area contributed by atoms with Gasteiger partial charge in [-0.3, -0.25) is 4.79 Å². The third kappa shape index (κ3) is 4.76. The quantitative estimate of drug-likeness (QED) is 0.806. The zero-order valence-electron chi connectivity index (χ0n) is 14.0. The molecule has 26 heavy (non-hydrogen) atoms. The van der Waals surface area contributed by atoms with Crippen LogP contribution >= 0.6 is 0 Å². The number of carbonyl (C=O) groups is 1. The van der Waals surface area contributed by atoms with Crippen LogP contribution in [0.2, 0.25) is 0 Å². The topological polar surface area (TPSA) is 75.7 Å². The average Bonchev–Trinajstić information content (AvgIpc) is 3.07. The van der Waals surface area contributed by atoms with E-state index in [2.05, 4.69) is 11.3 Å². The van der Waals surface area contributed by atoms with Gasteiger partial charge in [-0.1, -0.05) is 6.58 Å². The van der Waals surface area contributed by atoms with Crippen molar-refractivity contribution in [3.05, 3.63) is 41.3 Å². The van der Waals surface area contributed by atoms with E-state index in [-0.39, 0.29) is 30.3 Å². The van der Waals surface area contributed by atoms with Crippen molar-refractivity contribution in [2.75, 3.05) is 26.7 Å². The van der Waals surface area contributed by atoms with Crippen molar-refractivity contribution in [1.29, 1.82) is 0 Å². The van der Waals surface area contributed by atoms with E-state index in [0.717, 1.165) is 24.7 Å². The van der Waals surface area contributed by atoms with Crippen molar-refractivity contribution >= 4 is 15.9 Å². The highest BCUT2D eigenvalue weighted by molar-refractivity contribution is 7.92. The average molecular weight is 392 g/mol. The fourth-order valence-electron chi connectivity index (χ4n) is 2.72. The third-order valence-electron chi connectivity index (χ3n) is 4.12. The maximum absolute atomic E-state index is 13.1. The van der Waals surface area contributed by atoms with E-state index in [9.17, 15) is 26.4 Å². The van der Waals surface area contributed by atoms with E-state index in [0.29, 0.717) is 13.0 Å². The zero-order valence-corrected chi connectivity index (χ0v) is 14.9. The highest BCUT2D eigenvalue weighted by atomic mass is 32.2. The number of sulfonamides is 1. The first-order chi connectivity index (χ1) is 12.1. The van der Waals surface area contributed by atoms with Gasteiger partial charge in [-0.05, 0) is 30.5 Å². The van der Waals surface area contributed by atoms with Gasteiger partial charge in [0.15, 0.2) is 0 Å².